The summed E-state index contributed by atoms with van der Waals surface area (Å²) in [6.07, 6.45) is -5.32. The van der Waals surface area contributed by atoms with Gasteiger partial charge in [-0.2, -0.15) is 0 Å². The van der Waals surface area contributed by atoms with Crippen molar-refractivity contribution in [2.45, 2.75) is 17.4 Å². The molecule has 0 radical (unpaired) electrons. The highest BCUT2D eigenvalue weighted by Gasteiger charge is 2.25. The van der Waals surface area contributed by atoms with Gasteiger partial charge in [-0.15, -0.1) is 0 Å². The number of aliphatic hydroxyl groups excluding tert-OH is 1. The lowest BCUT2D eigenvalue weighted by Crippen LogP contribution is -2.36. The number of nitrogens with one attached hydrogen (secondary N) is 1. The van der Waals surface area contributed by atoms with Crippen LogP contribution in [0.25, 0.3) is 0 Å². The van der Waals surface area contributed by atoms with E-state index in [-0.39, 0.29) is 5.75 Å². The number of ether oxygens (including phenoxy) is 1. The van der Waals surface area contributed by atoms with E-state index in [0.29, 0.717) is 0 Å². The molecule has 11 heteroatoms. The molecule has 0 aliphatic rings. The van der Waals surface area contributed by atoms with Crippen LogP contribution in [-0.2, 0) is 10.0 Å². The van der Waals surface area contributed by atoms with Crippen LogP contribution < -0.4 is 9.46 Å². The van der Waals surface area contributed by atoms with Gasteiger partial charge in [-0.3, -0.25) is 10.1 Å². The van der Waals surface area contributed by atoms with Crippen LogP contribution in [0.5, 0.6) is 5.75 Å². The Balaban J connectivity index is 3.11. The summed E-state index contributed by atoms with van der Waals surface area (Å²) >= 11 is 0. The summed E-state index contributed by atoms with van der Waals surface area (Å²) in [6, 6.07) is 2.83. The second-order valence-corrected chi connectivity index (χ2v) is 5.58. The fourth-order valence-electron chi connectivity index (χ4n) is 1.35. The van der Waals surface area contributed by atoms with Crippen molar-refractivity contribution in [3.8, 4) is 5.75 Å². The van der Waals surface area contributed by atoms with E-state index in [1.54, 1.807) is 4.72 Å². The summed E-state index contributed by atoms with van der Waals surface area (Å²) in [5.74, 6) is -0.195. The van der Waals surface area contributed by atoms with Gasteiger partial charge in [0.25, 0.3) is 12.1 Å². The van der Waals surface area contributed by atoms with E-state index in [0.717, 1.165) is 25.3 Å². The van der Waals surface area contributed by atoms with Crippen LogP contribution in [0.3, 0.4) is 0 Å². The van der Waals surface area contributed by atoms with Crippen molar-refractivity contribution in [3.63, 3.8) is 0 Å². The number of nitro benzene ring substituents is 1. The molecular formula is C10H12F2N2O6S. The molecule has 0 heterocycles. The van der Waals surface area contributed by atoms with Crippen LogP contribution in [-0.4, -0.2) is 44.6 Å². The Morgan fingerprint density at radius 2 is 2.10 bits per heavy atom. The standard InChI is InChI=1S/C10H12F2N2O6S/c1-20-8-3-2-6(14(16)17)4-9(8)21(18,19)13-5-7(15)10(11)12/h2-4,7,10,13,15H,5H2,1H3. The number of methoxy groups -OCH3 is 1. The summed E-state index contributed by atoms with van der Waals surface area (Å²) in [7, 11) is -3.21. The van der Waals surface area contributed by atoms with Gasteiger partial charge in [0.15, 0.2) is 0 Å². The average Bonchev–Trinajstić information content (AvgIpc) is 2.43. The largest absolute Gasteiger partial charge is 0.495 e. The minimum atomic E-state index is -4.36. The Labute approximate surface area is 118 Å². The maximum absolute atomic E-state index is 12.1. The first kappa shape index (κ1) is 17.2. The maximum atomic E-state index is 12.1. The summed E-state index contributed by atoms with van der Waals surface area (Å²) in [6.45, 7) is -0.939. The molecule has 2 N–H and O–H groups in total. The molecule has 8 nitrogen and oxygen atoms in total. The van der Waals surface area contributed by atoms with Crippen LogP contribution in [0.15, 0.2) is 23.1 Å². The molecule has 0 saturated heterocycles. The molecule has 1 atom stereocenters. The van der Waals surface area contributed by atoms with Crippen LogP contribution >= 0.6 is 0 Å². The fraction of sp³-hybridized carbons (Fsp3) is 0.400. The van der Waals surface area contributed by atoms with Crippen molar-refractivity contribution in [3.05, 3.63) is 28.3 Å². The average molecular weight is 326 g/mol. The second kappa shape index (κ2) is 6.74. The van der Waals surface area contributed by atoms with Gasteiger partial charge in [-0.1, -0.05) is 0 Å². The zero-order valence-electron chi connectivity index (χ0n) is 10.7. The van der Waals surface area contributed by atoms with Crippen molar-refractivity contribution in [2.24, 2.45) is 0 Å². The van der Waals surface area contributed by atoms with Crippen LogP contribution in [0.4, 0.5) is 14.5 Å². The lowest BCUT2D eigenvalue weighted by molar-refractivity contribution is -0.385. The van der Waals surface area contributed by atoms with Crippen LogP contribution in [0.1, 0.15) is 0 Å². The number of rotatable bonds is 7. The Bertz CT molecular complexity index is 622. The highest BCUT2D eigenvalue weighted by molar-refractivity contribution is 7.89. The quantitative estimate of drug-likeness (QED) is 0.556. The van der Waals surface area contributed by atoms with Crippen molar-refractivity contribution in [1.29, 1.82) is 0 Å². The number of aliphatic hydroxyl groups is 1. The van der Waals surface area contributed by atoms with Crippen molar-refractivity contribution < 1.29 is 32.0 Å². The first-order chi connectivity index (χ1) is 9.69. The Kier molecular flexibility index (Phi) is 5.52. The number of alkyl halides is 2. The molecule has 0 aliphatic heterocycles. The third-order valence-corrected chi connectivity index (χ3v) is 3.87. The Morgan fingerprint density at radius 1 is 1.48 bits per heavy atom. The molecule has 1 aromatic rings. The van der Waals surface area contributed by atoms with Crippen molar-refractivity contribution in [2.75, 3.05) is 13.7 Å². The van der Waals surface area contributed by atoms with Gasteiger partial charge < -0.3 is 9.84 Å². The van der Waals surface area contributed by atoms with Gasteiger partial charge in [0.05, 0.1) is 12.0 Å². The maximum Gasteiger partial charge on any atom is 0.271 e. The van der Waals surface area contributed by atoms with E-state index in [4.69, 9.17) is 9.84 Å². The third-order valence-electron chi connectivity index (χ3n) is 2.42. The third kappa shape index (κ3) is 4.31. The van der Waals surface area contributed by atoms with E-state index in [9.17, 15) is 27.3 Å². The van der Waals surface area contributed by atoms with E-state index in [1.807, 2.05) is 0 Å². The molecule has 1 rings (SSSR count). The molecule has 118 valence electrons. The monoisotopic (exact) mass is 326 g/mol. The number of non-ortho nitro benzene ring substituents is 1. The molecule has 21 heavy (non-hydrogen) atoms. The molecule has 0 spiro atoms. The van der Waals surface area contributed by atoms with Crippen molar-refractivity contribution >= 4 is 15.7 Å². The molecule has 0 aliphatic carbocycles. The number of halogens is 2. The molecule has 0 saturated carbocycles. The zero-order valence-corrected chi connectivity index (χ0v) is 11.5. The number of hydrogen-bond donors (Lipinski definition) is 2. The molecule has 0 bridgehead atoms. The topological polar surface area (TPSA) is 119 Å². The predicted molar refractivity (Wildman–Crippen MR) is 66.8 cm³/mol. The van der Waals surface area contributed by atoms with E-state index >= 15 is 0 Å². The minimum absolute atomic E-state index is 0.195. The fourth-order valence-corrected chi connectivity index (χ4v) is 2.59. The highest BCUT2D eigenvalue weighted by Crippen LogP contribution is 2.27. The summed E-state index contributed by atoms with van der Waals surface area (Å²) in [4.78, 5) is 9.25. The summed E-state index contributed by atoms with van der Waals surface area (Å²) in [5, 5.41) is 19.5. The van der Waals surface area contributed by atoms with Gasteiger partial charge in [0.2, 0.25) is 10.0 Å². The van der Waals surface area contributed by atoms with Gasteiger partial charge in [0.1, 0.15) is 16.7 Å². The SMILES string of the molecule is COc1ccc([N+](=O)[O-])cc1S(=O)(=O)NCC(O)C(F)F. The van der Waals surface area contributed by atoms with Gasteiger partial charge in [0, 0.05) is 18.7 Å². The second-order valence-electron chi connectivity index (χ2n) is 3.85. The number of benzene rings is 1. The Morgan fingerprint density at radius 3 is 2.57 bits per heavy atom. The number of sulfonamides is 1. The van der Waals surface area contributed by atoms with E-state index < -0.39 is 44.6 Å². The molecule has 1 unspecified atom stereocenters. The smallest absolute Gasteiger partial charge is 0.271 e. The number of nitrogens with zero attached hydrogens (tertiary/aromatic N) is 1. The lowest BCUT2D eigenvalue weighted by atomic mass is 10.3. The first-order valence-corrected chi connectivity index (χ1v) is 6.95. The van der Waals surface area contributed by atoms with Crippen molar-refractivity contribution in [1.82, 2.24) is 4.72 Å². The molecule has 0 aromatic heterocycles. The van der Waals surface area contributed by atoms with Crippen LogP contribution in [0.2, 0.25) is 0 Å². The molecule has 1 aromatic carbocycles. The number of nitro groups is 1. The normalized spacial score (nSPS) is 13.2. The molecule has 0 fully saturated rings. The van der Waals surface area contributed by atoms with E-state index in [2.05, 4.69) is 0 Å². The molecular weight excluding hydrogens is 314 g/mol. The Hall–Kier alpha value is -1.85. The zero-order chi connectivity index (χ0) is 16.2. The molecule has 0 amide bonds. The summed E-state index contributed by atoms with van der Waals surface area (Å²) in [5.41, 5.74) is -0.509. The van der Waals surface area contributed by atoms with Gasteiger partial charge >= 0.3 is 0 Å². The van der Waals surface area contributed by atoms with E-state index in [1.165, 1.54) is 0 Å². The minimum Gasteiger partial charge on any atom is -0.495 e. The predicted octanol–water partition coefficient (Wildman–Crippen LogP) is 0.508. The lowest BCUT2D eigenvalue weighted by Gasteiger charge is -2.13. The number of hydrogen-bond acceptors (Lipinski definition) is 6. The highest BCUT2D eigenvalue weighted by atomic mass is 32.2. The van der Waals surface area contributed by atoms with Gasteiger partial charge in [-0.25, -0.2) is 21.9 Å². The summed E-state index contributed by atoms with van der Waals surface area (Å²) < 4.78 is 54.6. The van der Waals surface area contributed by atoms with Gasteiger partial charge in [-0.05, 0) is 6.07 Å². The first-order valence-electron chi connectivity index (χ1n) is 5.47. The van der Waals surface area contributed by atoms with Crippen LogP contribution in [0, 0.1) is 10.1 Å².